The number of halogens is 3. The van der Waals surface area contributed by atoms with Gasteiger partial charge in [-0.2, -0.15) is 0 Å². The van der Waals surface area contributed by atoms with Gasteiger partial charge in [0.1, 0.15) is 0 Å². The quantitative estimate of drug-likeness (QED) is 0.735. The first-order valence-electron chi connectivity index (χ1n) is 7.23. The summed E-state index contributed by atoms with van der Waals surface area (Å²) in [5.41, 5.74) is 7.01. The molecule has 124 valence electrons. The average Bonchev–Trinajstić information content (AvgIpc) is 2.85. The van der Waals surface area contributed by atoms with Crippen LogP contribution in [-0.4, -0.2) is 36.0 Å². The minimum atomic E-state index is -0.0496. The van der Waals surface area contributed by atoms with E-state index in [0.717, 1.165) is 23.9 Å². The van der Waals surface area contributed by atoms with Gasteiger partial charge in [-0.15, -0.1) is 24.8 Å². The van der Waals surface area contributed by atoms with E-state index in [2.05, 4.69) is 26.1 Å². The SMILES string of the molecule is Cl.Cl.Nc1cc(Br)ccc1C(=O)NC1CCN2CCCC2C1. The minimum absolute atomic E-state index is 0. The van der Waals surface area contributed by atoms with Crippen LogP contribution in [-0.2, 0) is 0 Å². The highest BCUT2D eigenvalue weighted by atomic mass is 79.9. The molecule has 2 aliphatic heterocycles. The molecule has 3 N–H and O–H groups in total. The highest BCUT2D eigenvalue weighted by molar-refractivity contribution is 9.10. The van der Waals surface area contributed by atoms with E-state index >= 15 is 0 Å². The van der Waals surface area contributed by atoms with Crippen LogP contribution in [0, 0.1) is 0 Å². The van der Waals surface area contributed by atoms with Crippen LogP contribution in [0.25, 0.3) is 0 Å². The number of fused-ring (bicyclic) bond motifs is 1. The van der Waals surface area contributed by atoms with Gasteiger partial charge in [-0.25, -0.2) is 0 Å². The lowest BCUT2D eigenvalue weighted by molar-refractivity contribution is 0.0897. The second kappa shape index (κ2) is 8.39. The summed E-state index contributed by atoms with van der Waals surface area (Å²) in [6.07, 6.45) is 4.68. The van der Waals surface area contributed by atoms with Crippen molar-refractivity contribution in [1.29, 1.82) is 0 Å². The molecule has 1 aromatic carbocycles. The van der Waals surface area contributed by atoms with E-state index in [1.807, 2.05) is 6.07 Å². The molecule has 0 aromatic heterocycles. The zero-order valence-corrected chi connectivity index (χ0v) is 15.5. The Labute approximate surface area is 152 Å². The molecule has 7 heteroatoms. The highest BCUT2D eigenvalue weighted by Crippen LogP contribution is 2.27. The summed E-state index contributed by atoms with van der Waals surface area (Å²) in [5.74, 6) is -0.0496. The Morgan fingerprint density at radius 2 is 2.05 bits per heavy atom. The first-order chi connectivity index (χ1) is 9.63. The maximum atomic E-state index is 12.3. The van der Waals surface area contributed by atoms with Gasteiger partial charge in [0, 0.05) is 28.8 Å². The zero-order valence-electron chi connectivity index (χ0n) is 12.3. The summed E-state index contributed by atoms with van der Waals surface area (Å²) < 4.78 is 0.894. The van der Waals surface area contributed by atoms with Crippen molar-refractivity contribution in [1.82, 2.24) is 10.2 Å². The van der Waals surface area contributed by atoms with Gasteiger partial charge in [-0.05, 0) is 50.4 Å². The van der Waals surface area contributed by atoms with Gasteiger partial charge in [-0.3, -0.25) is 4.79 Å². The Balaban J connectivity index is 0.00000121. The van der Waals surface area contributed by atoms with Crippen LogP contribution in [0.3, 0.4) is 0 Å². The molecule has 2 aliphatic rings. The van der Waals surface area contributed by atoms with Crippen LogP contribution in [0.1, 0.15) is 36.0 Å². The maximum Gasteiger partial charge on any atom is 0.253 e. The van der Waals surface area contributed by atoms with E-state index in [1.54, 1.807) is 12.1 Å². The molecule has 0 spiro atoms. The molecule has 1 amide bonds. The van der Waals surface area contributed by atoms with Crippen LogP contribution in [0.2, 0.25) is 0 Å². The molecule has 22 heavy (non-hydrogen) atoms. The molecule has 1 aromatic rings. The Morgan fingerprint density at radius 3 is 2.77 bits per heavy atom. The number of rotatable bonds is 2. The third-order valence-corrected chi connectivity index (χ3v) is 4.91. The van der Waals surface area contributed by atoms with Gasteiger partial charge in [0.15, 0.2) is 0 Å². The number of carbonyl (C=O) groups excluding carboxylic acids is 1. The van der Waals surface area contributed by atoms with Crippen molar-refractivity contribution in [3.05, 3.63) is 28.2 Å². The van der Waals surface area contributed by atoms with E-state index in [-0.39, 0.29) is 36.8 Å². The molecule has 0 radical (unpaired) electrons. The molecule has 2 unspecified atom stereocenters. The van der Waals surface area contributed by atoms with Crippen molar-refractivity contribution in [2.45, 2.75) is 37.8 Å². The molecule has 0 aliphatic carbocycles. The van der Waals surface area contributed by atoms with Crippen LogP contribution < -0.4 is 11.1 Å². The number of nitrogens with one attached hydrogen (secondary N) is 1. The summed E-state index contributed by atoms with van der Waals surface area (Å²) in [7, 11) is 0. The number of nitrogens with zero attached hydrogens (tertiary/aromatic N) is 1. The third-order valence-electron chi connectivity index (χ3n) is 4.41. The van der Waals surface area contributed by atoms with Gasteiger partial charge in [-0.1, -0.05) is 15.9 Å². The van der Waals surface area contributed by atoms with Gasteiger partial charge >= 0.3 is 0 Å². The predicted molar refractivity (Wildman–Crippen MR) is 98.1 cm³/mol. The van der Waals surface area contributed by atoms with E-state index in [0.29, 0.717) is 17.3 Å². The Kier molecular flexibility index (Phi) is 7.46. The largest absolute Gasteiger partial charge is 0.398 e. The normalized spacial score (nSPS) is 23.9. The number of nitrogen functional groups attached to an aromatic ring is 1. The number of piperidine rings is 1. The van der Waals surface area contributed by atoms with Crippen LogP contribution >= 0.6 is 40.7 Å². The van der Waals surface area contributed by atoms with Crippen LogP contribution in [0.5, 0.6) is 0 Å². The number of amides is 1. The fraction of sp³-hybridized carbons (Fsp3) is 0.533. The highest BCUT2D eigenvalue weighted by Gasteiger charge is 2.32. The lowest BCUT2D eigenvalue weighted by Crippen LogP contribution is -2.47. The van der Waals surface area contributed by atoms with Crippen molar-refractivity contribution < 1.29 is 4.79 Å². The summed E-state index contributed by atoms with van der Waals surface area (Å²) in [4.78, 5) is 14.9. The van der Waals surface area contributed by atoms with Gasteiger partial charge < -0.3 is 16.0 Å². The molecule has 2 fully saturated rings. The summed E-state index contributed by atoms with van der Waals surface area (Å²) in [5, 5.41) is 3.15. The Hall–Kier alpha value is -0.490. The molecule has 0 bridgehead atoms. The minimum Gasteiger partial charge on any atom is -0.398 e. The third kappa shape index (κ3) is 4.28. The van der Waals surface area contributed by atoms with E-state index in [9.17, 15) is 4.79 Å². The van der Waals surface area contributed by atoms with E-state index in [4.69, 9.17) is 5.73 Å². The number of hydrogen-bond donors (Lipinski definition) is 2. The predicted octanol–water partition coefficient (Wildman–Crippen LogP) is 3.23. The van der Waals surface area contributed by atoms with Gasteiger partial charge in [0.25, 0.3) is 5.91 Å². The fourth-order valence-corrected chi connectivity index (χ4v) is 3.74. The van der Waals surface area contributed by atoms with Gasteiger partial charge in [0.2, 0.25) is 0 Å². The van der Waals surface area contributed by atoms with Crippen molar-refractivity contribution in [3.63, 3.8) is 0 Å². The zero-order chi connectivity index (χ0) is 14.1. The molecule has 0 saturated carbocycles. The molecule has 2 heterocycles. The number of carbonyl (C=O) groups is 1. The van der Waals surface area contributed by atoms with Crippen molar-refractivity contribution in [3.8, 4) is 0 Å². The first kappa shape index (κ1) is 19.6. The number of anilines is 1. The molecule has 2 saturated heterocycles. The molecular formula is C15H22BrCl2N3O. The average molecular weight is 411 g/mol. The van der Waals surface area contributed by atoms with Crippen LogP contribution in [0.4, 0.5) is 5.69 Å². The van der Waals surface area contributed by atoms with Crippen molar-refractivity contribution in [2.24, 2.45) is 0 Å². The lowest BCUT2D eigenvalue weighted by Gasteiger charge is -2.35. The van der Waals surface area contributed by atoms with Gasteiger partial charge in [0.05, 0.1) is 5.56 Å². The number of nitrogens with two attached hydrogens (primary N) is 1. The Morgan fingerprint density at radius 1 is 1.27 bits per heavy atom. The van der Waals surface area contributed by atoms with Crippen molar-refractivity contribution in [2.75, 3.05) is 18.8 Å². The summed E-state index contributed by atoms with van der Waals surface area (Å²) >= 11 is 3.36. The topological polar surface area (TPSA) is 58.4 Å². The fourth-order valence-electron chi connectivity index (χ4n) is 3.36. The molecule has 4 nitrogen and oxygen atoms in total. The summed E-state index contributed by atoms with van der Waals surface area (Å²) in [6, 6.07) is 6.35. The molecule has 3 rings (SSSR count). The standard InChI is InChI=1S/C15H20BrN3O.2ClH/c16-10-3-4-13(14(17)8-10)15(20)18-11-5-7-19-6-1-2-12(19)9-11;;/h3-4,8,11-12H,1-2,5-7,9,17H2,(H,18,20);2*1H. The Bertz CT molecular complexity index is 530. The van der Waals surface area contributed by atoms with Crippen LogP contribution in [0.15, 0.2) is 22.7 Å². The number of benzene rings is 1. The molecular weight excluding hydrogens is 389 g/mol. The summed E-state index contributed by atoms with van der Waals surface area (Å²) in [6.45, 7) is 2.33. The first-order valence-corrected chi connectivity index (χ1v) is 8.03. The maximum absolute atomic E-state index is 12.3. The number of hydrogen-bond acceptors (Lipinski definition) is 3. The van der Waals surface area contributed by atoms with E-state index < -0.39 is 0 Å². The molecule has 2 atom stereocenters. The second-order valence-corrected chi connectivity index (χ2v) is 6.67. The van der Waals surface area contributed by atoms with E-state index in [1.165, 1.54) is 19.4 Å². The van der Waals surface area contributed by atoms with Crippen molar-refractivity contribution >= 4 is 52.3 Å². The smallest absolute Gasteiger partial charge is 0.253 e. The monoisotopic (exact) mass is 409 g/mol. The second-order valence-electron chi connectivity index (χ2n) is 5.76. The lowest BCUT2D eigenvalue weighted by atomic mass is 9.97.